The van der Waals surface area contributed by atoms with E-state index in [1.165, 1.54) is 16.2 Å². The smallest absolute Gasteiger partial charge is 0.254 e. The van der Waals surface area contributed by atoms with Crippen molar-refractivity contribution in [2.75, 3.05) is 31.2 Å². The molecular weight excluding hydrogens is 436 g/mol. The van der Waals surface area contributed by atoms with Gasteiger partial charge in [0.1, 0.15) is 6.04 Å². The van der Waals surface area contributed by atoms with Crippen molar-refractivity contribution < 1.29 is 9.59 Å². The molecule has 1 aliphatic heterocycles. The number of carbonyl (C=O) groups is 2. The first-order valence-electron chi connectivity index (χ1n) is 10.5. The van der Waals surface area contributed by atoms with Crippen LogP contribution in [0.3, 0.4) is 0 Å². The largest absolute Gasteiger partial charge is 0.375 e. The fraction of sp³-hybridized carbons (Fsp3) is 0.250. The lowest BCUT2D eigenvalue weighted by atomic mass is 10.0. The number of nitrogen functional groups attached to an aromatic ring is 1. The van der Waals surface area contributed by atoms with Gasteiger partial charge in [0.15, 0.2) is 5.13 Å². The molecule has 1 aromatic heterocycles. The molecule has 8 nitrogen and oxygen atoms in total. The van der Waals surface area contributed by atoms with Gasteiger partial charge in [-0.15, -0.1) is 0 Å². The number of aromatic nitrogens is 1. The van der Waals surface area contributed by atoms with Gasteiger partial charge in [-0.1, -0.05) is 36.1 Å². The lowest BCUT2D eigenvalue weighted by Gasteiger charge is -2.24. The van der Waals surface area contributed by atoms with Crippen molar-refractivity contribution in [3.63, 3.8) is 0 Å². The maximum atomic E-state index is 13.0. The number of benzene rings is 2. The molecule has 9 heteroatoms. The summed E-state index contributed by atoms with van der Waals surface area (Å²) in [5, 5.41) is 13.3. The molecule has 2 aromatic carbocycles. The molecular formula is C24H24N6O2S. The summed E-state index contributed by atoms with van der Waals surface area (Å²) in [6.07, 6.45) is 0.502. The van der Waals surface area contributed by atoms with Crippen molar-refractivity contribution in [3.8, 4) is 6.07 Å². The Bertz CT molecular complexity index is 1250. The molecule has 1 aliphatic rings. The van der Waals surface area contributed by atoms with Crippen molar-refractivity contribution in [1.82, 2.24) is 14.8 Å². The standard InChI is InChI=1S/C24H24N6O2S/c1-15(27-18-6-4-3-5-7-18)17-10-19(12-25)30(13-17)22(31)14-29(2)23(32)16-8-9-20-21(11-16)33-24(26)28-20/h3-9,11,17,19,27H,1,10,13-14H2,2H3,(H2,26,28). The molecule has 2 unspecified atom stereocenters. The number of fused-ring (bicyclic) bond motifs is 1. The quantitative estimate of drug-likeness (QED) is 0.583. The fourth-order valence-electron chi connectivity index (χ4n) is 3.96. The molecule has 0 spiro atoms. The highest BCUT2D eigenvalue weighted by atomic mass is 32.1. The van der Waals surface area contributed by atoms with Crippen LogP contribution in [0.5, 0.6) is 0 Å². The molecule has 2 atom stereocenters. The van der Waals surface area contributed by atoms with E-state index in [0.29, 0.717) is 23.7 Å². The van der Waals surface area contributed by atoms with Crippen molar-refractivity contribution >= 4 is 44.2 Å². The molecule has 4 rings (SSSR count). The zero-order chi connectivity index (χ0) is 23.5. The molecule has 33 heavy (non-hydrogen) atoms. The predicted molar refractivity (Wildman–Crippen MR) is 129 cm³/mol. The van der Waals surface area contributed by atoms with Crippen molar-refractivity contribution in [1.29, 1.82) is 5.26 Å². The van der Waals surface area contributed by atoms with Gasteiger partial charge in [0.2, 0.25) is 5.91 Å². The van der Waals surface area contributed by atoms with Crippen LogP contribution < -0.4 is 11.1 Å². The Morgan fingerprint density at radius 1 is 1.33 bits per heavy atom. The highest BCUT2D eigenvalue weighted by Crippen LogP contribution is 2.29. The van der Waals surface area contributed by atoms with Gasteiger partial charge in [-0.2, -0.15) is 5.26 Å². The maximum Gasteiger partial charge on any atom is 0.254 e. The van der Waals surface area contributed by atoms with E-state index in [1.54, 1.807) is 30.1 Å². The second-order valence-corrected chi connectivity index (χ2v) is 9.10. The number of anilines is 2. The SMILES string of the molecule is C=C(Nc1ccccc1)C1CC(C#N)N(C(=O)CN(C)C(=O)c2ccc3nc(N)sc3c2)C1. The predicted octanol–water partition coefficient (Wildman–Crippen LogP) is 3.32. The fourth-order valence-corrected chi connectivity index (χ4v) is 4.73. The Balaban J connectivity index is 1.40. The average molecular weight is 461 g/mol. The van der Waals surface area contributed by atoms with Crippen LogP contribution in [0.1, 0.15) is 16.8 Å². The first-order chi connectivity index (χ1) is 15.9. The summed E-state index contributed by atoms with van der Waals surface area (Å²) < 4.78 is 0.814. The molecule has 1 saturated heterocycles. The van der Waals surface area contributed by atoms with Crippen LogP contribution in [0, 0.1) is 17.2 Å². The molecule has 168 valence electrons. The minimum Gasteiger partial charge on any atom is -0.375 e. The van der Waals surface area contributed by atoms with Gasteiger partial charge in [0.05, 0.1) is 22.8 Å². The zero-order valence-corrected chi connectivity index (χ0v) is 19.0. The highest BCUT2D eigenvalue weighted by Gasteiger charge is 2.37. The minimum atomic E-state index is -0.558. The lowest BCUT2D eigenvalue weighted by Crippen LogP contribution is -2.43. The number of nitrogens with one attached hydrogen (secondary N) is 1. The Labute approximate surface area is 195 Å². The van der Waals surface area contributed by atoms with E-state index in [2.05, 4.69) is 22.9 Å². The molecule has 1 fully saturated rings. The number of nitrogens with zero attached hydrogens (tertiary/aromatic N) is 4. The number of nitriles is 1. The van der Waals surface area contributed by atoms with E-state index in [4.69, 9.17) is 5.73 Å². The second kappa shape index (κ2) is 9.30. The summed E-state index contributed by atoms with van der Waals surface area (Å²) in [6, 6.07) is 16.5. The average Bonchev–Trinajstić information content (AvgIpc) is 3.41. The lowest BCUT2D eigenvalue weighted by molar-refractivity contribution is -0.131. The van der Waals surface area contributed by atoms with Crippen molar-refractivity contribution in [3.05, 3.63) is 66.4 Å². The van der Waals surface area contributed by atoms with Crippen LogP contribution >= 0.6 is 11.3 Å². The number of thiazole rings is 1. The monoisotopic (exact) mass is 460 g/mol. The molecule has 0 saturated carbocycles. The van der Waals surface area contributed by atoms with Crippen LogP contribution in [-0.4, -0.2) is 52.8 Å². The summed E-state index contributed by atoms with van der Waals surface area (Å²) in [5.74, 6) is -0.605. The summed E-state index contributed by atoms with van der Waals surface area (Å²) in [6.45, 7) is 4.37. The Hall–Kier alpha value is -3.90. The van der Waals surface area contributed by atoms with E-state index in [9.17, 15) is 14.9 Å². The van der Waals surface area contributed by atoms with Gasteiger partial charge in [-0.05, 0) is 36.8 Å². The van der Waals surface area contributed by atoms with E-state index in [1.807, 2.05) is 30.3 Å². The molecule has 3 aromatic rings. The van der Waals surface area contributed by atoms with Gasteiger partial charge in [-0.3, -0.25) is 9.59 Å². The summed E-state index contributed by atoms with van der Waals surface area (Å²) >= 11 is 1.31. The van der Waals surface area contributed by atoms with Crippen molar-refractivity contribution in [2.45, 2.75) is 12.5 Å². The Morgan fingerprint density at radius 3 is 2.82 bits per heavy atom. The minimum absolute atomic E-state index is 0.0565. The summed E-state index contributed by atoms with van der Waals surface area (Å²) in [4.78, 5) is 33.0. The number of para-hydroxylation sites is 1. The normalized spacial score (nSPS) is 17.5. The highest BCUT2D eigenvalue weighted by molar-refractivity contribution is 7.22. The van der Waals surface area contributed by atoms with Gasteiger partial charge < -0.3 is 20.9 Å². The van der Waals surface area contributed by atoms with Gasteiger partial charge in [-0.25, -0.2) is 4.98 Å². The molecule has 0 radical (unpaired) electrons. The van der Waals surface area contributed by atoms with Crippen LogP contribution in [0.25, 0.3) is 10.2 Å². The summed E-state index contributed by atoms with van der Waals surface area (Å²) in [7, 11) is 1.58. The first-order valence-corrected chi connectivity index (χ1v) is 11.3. The number of hydrogen-bond donors (Lipinski definition) is 2. The van der Waals surface area contributed by atoms with Crippen molar-refractivity contribution in [2.24, 2.45) is 5.92 Å². The number of rotatable bonds is 6. The maximum absolute atomic E-state index is 13.0. The van der Waals surface area contributed by atoms with Gasteiger partial charge in [0.25, 0.3) is 5.91 Å². The van der Waals surface area contributed by atoms with Crippen LogP contribution in [-0.2, 0) is 4.79 Å². The summed E-state index contributed by atoms with van der Waals surface area (Å²) in [5.41, 5.74) is 8.60. The number of likely N-dealkylation sites (N-methyl/N-ethyl adjacent to an activating group) is 1. The third-order valence-corrected chi connectivity index (χ3v) is 6.56. The van der Waals surface area contributed by atoms with E-state index >= 15 is 0 Å². The van der Waals surface area contributed by atoms with E-state index in [0.717, 1.165) is 21.6 Å². The number of carbonyl (C=O) groups excluding carboxylic acids is 2. The molecule has 2 amide bonds. The number of nitrogens with two attached hydrogens (primary N) is 1. The van der Waals surface area contributed by atoms with Crippen LogP contribution in [0.2, 0.25) is 0 Å². The van der Waals surface area contributed by atoms with Crippen LogP contribution in [0.15, 0.2) is 60.8 Å². The Kier molecular flexibility index (Phi) is 6.29. The first kappa shape index (κ1) is 22.3. The molecule has 2 heterocycles. The third-order valence-electron chi connectivity index (χ3n) is 5.71. The number of amides is 2. The third kappa shape index (κ3) is 4.81. The zero-order valence-electron chi connectivity index (χ0n) is 18.2. The van der Waals surface area contributed by atoms with Crippen LogP contribution in [0.4, 0.5) is 10.8 Å². The number of hydrogen-bond acceptors (Lipinski definition) is 7. The van der Waals surface area contributed by atoms with E-state index < -0.39 is 6.04 Å². The Morgan fingerprint density at radius 2 is 2.09 bits per heavy atom. The van der Waals surface area contributed by atoms with Gasteiger partial charge >= 0.3 is 0 Å². The molecule has 3 N–H and O–H groups in total. The molecule has 0 aliphatic carbocycles. The number of likely N-dealkylation sites (tertiary alicyclic amines) is 1. The molecule has 0 bridgehead atoms. The van der Waals surface area contributed by atoms with E-state index in [-0.39, 0.29) is 24.3 Å². The van der Waals surface area contributed by atoms with Gasteiger partial charge in [0, 0.05) is 36.5 Å². The second-order valence-electron chi connectivity index (χ2n) is 8.04. The topological polar surface area (TPSA) is 115 Å².